The lowest BCUT2D eigenvalue weighted by molar-refractivity contribution is -0.125. The van der Waals surface area contributed by atoms with Gasteiger partial charge in [-0.1, -0.05) is 56.4 Å². The summed E-state index contributed by atoms with van der Waals surface area (Å²) in [4.78, 5) is 37.9. The zero-order valence-electron chi connectivity index (χ0n) is 15.8. The molecular formula is C22H25NO4S. The van der Waals surface area contributed by atoms with Gasteiger partial charge in [-0.2, -0.15) is 0 Å². The molecule has 1 aromatic heterocycles. The van der Waals surface area contributed by atoms with E-state index < -0.39 is 5.97 Å². The largest absolute Gasteiger partial charge is 0.452 e. The predicted molar refractivity (Wildman–Crippen MR) is 109 cm³/mol. The second-order valence-corrected chi connectivity index (χ2v) is 7.99. The van der Waals surface area contributed by atoms with Crippen molar-refractivity contribution in [3.05, 3.63) is 57.8 Å². The van der Waals surface area contributed by atoms with Gasteiger partial charge in [-0.15, -0.1) is 11.3 Å². The van der Waals surface area contributed by atoms with E-state index in [1.807, 2.05) is 5.38 Å². The van der Waals surface area contributed by atoms with Gasteiger partial charge < -0.3 is 10.1 Å². The summed E-state index contributed by atoms with van der Waals surface area (Å²) >= 11 is 1.32. The number of hydrogen-bond donors (Lipinski definition) is 1. The van der Waals surface area contributed by atoms with E-state index >= 15 is 0 Å². The number of ketones is 1. The van der Waals surface area contributed by atoms with Crippen molar-refractivity contribution in [2.24, 2.45) is 0 Å². The van der Waals surface area contributed by atoms with E-state index in [0.29, 0.717) is 4.88 Å². The van der Waals surface area contributed by atoms with E-state index in [1.54, 1.807) is 36.4 Å². The van der Waals surface area contributed by atoms with Crippen LogP contribution in [-0.2, 0) is 9.53 Å². The van der Waals surface area contributed by atoms with Gasteiger partial charge >= 0.3 is 5.97 Å². The maximum Gasteiger partial charge on any atom is 0.339 e. The minimum atomic E-state index is -0.659. The lowest BCUT2D eigenvalue weighted by Crippen LogP contribution is -2.38. The standard InChI is InChI=1S/C22H25NO4S/c24-20(23-16-9-4-2-1-3-5-10-16)15-27-22(26)18-12-7-6-11-17(18)21(25)19-13-8-14-28-19/h6-8,11-14,16H,1-5,9-10,15H2,(H,23,24). The molecule has 0 spiro atoms. The highest BCUT2D eigenvalue weighted by atomic mass is 32.1. The predicted octanol–water partition coefficient (Wildman–Crippen LogP) is 4.37. The number of rotatable bonds is 6. The first kappa shape index (κ1) is 20.3. The quantitative estimate of drug-likeness (QED) is 0.578. The summed E-state index contributed by atoms with van der Waals surface area (Å²) in [5.41, 5.74) is 0.468. The van der Waals surface area contributed by atoms with Crippen LogP contribution in [0.2, 0.25) is 0 Å². The number of thiophene rings is 1. The van der Waals surface area contributed by atoms with Crippen LogP contribution in [0.3, 0.4) is 0 Å². The summed E-state index contributed by atoms with van der Waals surface area (Å²) < 4.78 is 5.20. The summed E-state index contributed by atoms with van der Waals surface area (Å²) in [5.74, 6) is -1.17. The first-order valence-electron chi connectivity index (χ1n) is 9.79. The van der Waals surface area contributed by atoms with Crippen LogP contribution in [0.4, 0.5) is 0 Å². The van der Waals surface area contributed by atoms with Gasteiger partial charge in [-0.05, 0) is 30.4 Å². The monoisotopic (exact) mass is 399 g/mol. The van der Waals surface area contributed by atoms with Crippen LogP contribution in [0.1, 0.15) is 70.5 Å². The van der Waals surface area contributed by atoms with E-state index in [1.165, 1.54) is 30.6 Å². The average molecular weight is 400 g/mol. The van der Waals surface area contributed by atoms with Crippen LogP contribution >= 0.6 is 11.3 Å². The maximum absolute atomic E-state index is 12.6. The molecule has 1 saturated carbocycles. The van der Waals surface area contributed by atoms with E-state index in [2.05, 4.69) is 5.32 Å². The van der Waals surface area contributed by atoms with Crippen LogP contribution in [0.5, 0.6) is 0 Å². The fourth-order valence-corrected chi connectivity index (χ4v) is 4.16. The van der Waals surface area contributed by atoms with Gasteiger partial charge in [0.05, 0.1) is 10.4 Å². The number of hydrogen-bond acceptors (Lipinski definition) is 5. The Labute approximate surface area is 169 Å². The van der Waals surface area contributed by atoms with Crippen molar-refractivity contribution in [2.75, 3.05) is 6.61 Å². The minimum absolute atomic E-state index is 0.152. The molecule has 0 unspecified atom stereocenters. The van der Waals surface area contributed by atoms with Gasteiger partial charge in [-0.3, -0.25) is 9.59 Å². The second kappa shape index (κ2) is 10.2. The number of carbonyl (C=O) groups is 3. The van der Waals surface area contributed by atoms with Crippen LogP contribution in [0.25, 0.3) is 0 Å². The highest BCUT2D eigenvalue weighted by Crippen LogP contribution is 2.19. The summed E-state index contributed by atoms with van der Waals surface area (Å²) in [5, 5.41) is 4.79. The molecule has 1 aliphatic rings. The van der Waals surface area contributed by atoms with Gasteiger partial charge in [0.25, 0.3) is 5.91 Å². The molecule has 28 heavy (non-hydrogen) atoms. The Morgan fingerprint density at radius 2 is 1.61 bits per heavy atom. The van der Waals surface area contributed by atoms with Crippen molar-refractivity contribution in [2.45, 2.75) is 51.0 Å². The molecule has 1 N–H and O–H groups in total. The molecule has 2 aromatic rings. The summed E-state index contributed by atoms with van der Waals surface area (Å²) in [6, 6.07) is 10.2. The van der Waals surface area contributed by atoms with E-state index in [0.717, 1.165) is 25.7 Å². The van der Waals surface area contributed by atoms with Crippen molar-refractivity contribution in [3.8, 4) is 0 Å². The molecule has 0 aliphatic heterocycles. The highest BCUT2D eigenvalue weighted by Gasteiger charge is 2.21. The van der Waals surface area contributed by atoms with Crippen LogP contribution < -0.4 is 5.32 Å². The van der Waals surface area contributed by atoms with Gasteiger partial charge in [0, 0.05) is 11.6 Å². The summed E-state index contributed by atoms with van der Waals surface area (Å²) in [6.07, 6.45) is 7.84. The van der Waals surface area contributed by atoms with Gasteiger partial charge in [0.1, 0.15) is 0 Å². The number of carbonyl (C=O) groups excluding carboxylic acids is 3. The molecule has 1 aliphatic carbocycles. The molecule has 5 nitrogen and oxygen atoms in total. The fraction of sp³-hybridized carbons (Fsp3) is 0.409. The molecule has 3 rings (SSSR count). The second-order valence-electron chi connectivity index (χ2n) is 7.04. The Morgan fingerprint density at radius 3 is 2.29 bits per heavy atom. The smallest absolute Gasteiger partial charge is 0.339 e. The molecule has 148 valence electrons. The number of amides is 1. The Kier molecular flexibility index (Phi) is 7.37. The van der Waals surface area contributed by atoms with Gasteiger partial charge in [0.15, 0.2) is 6.61 Å². The van der Waals surface area contributed by atoms with E-state index in [-0.39, 0.29) is 35.5 Å². The SMILES string of the molecule is O=C(COC(=O)c1ccccc1C(=O)c1cccs1)NC1CCCCCCC1. The minimum Gasteiger partial charge on any atom is -0.452 e. The van der Waals surface area contributed by atoms with E-state index in [4.69, 9.17) is 4.74 Å². The lowest BCUT2D eigenvalue weighted by Gasteiger charge is -2.21. The first-order chi connectivity index (χ1) is 13.6. The Hall–Kier alpha value is -2.47. The molecule has 6 heteroatoms. The Bertz CT molecular complexity index is 808. The molecule has 0 saturated heterocycles. The highest BCUT2D eigenvalue weighted by molar-refractivity contribution is 7.12. The molecule has 1 aromatic carbocycles. The topological polar surface area (TPSA) is 72.5 Å². The normalized spacial score (nSPS) is 15.3. The van der Waals surface area contributed by atoms with Crippen LogP contribution in [-0.4, -0.2) is 30.3 Å². The van der Waals surface area contributed by atoms with Crippen LogP contribution in [0.15, 0.2) is 41.8 Å². The van der Waals surface area contributed by atoms with Crippen molar-refractivity contribution < 1.29 is 19.1 Å². The fourth-order valence-electron chi connectivity index (χ4n) is 3.48. The van der Waals surface area contributed by atoms with Crippen molar-refractivity contribution in [1.29, 1.82) is 0 Å². The molecule has 0 atom stereocenters. The molecule has 0 bridgehead atoms. The van der Waals surface area contributed by atoms with E-state index in [9.17, 15) is 14.4 Å². The molecule has 1 fully saturated rings. The number of nitrogens with one attached hydrogen (secondary N) is 1. The zero-order valence-corrected chi connectivity index (χ0v) is 16.6. The van der Waals surface area contributed by atoms with Crippen molar-refractivity contribution >= 4 is 29.0 Å². The number of esters is 1. The van der Waals surface area contributed by atoms with Crippen molar-refractivity contribution in [1.82, 2.24) is 5.32 Å². The average Bonchev–Trinajstić information content (AvgIpc) is 3.22. The summed E-state index contributed by atoms with van der Waals surface area (Å²) in [7, 11) is 0. The third-order valence-corrected chi connectivity index (χ3v) is 5.81. The third kappa shape index (κ3) is 5.52. The van der Waals surface area contributed by atoms with Gasteiger partial charge in [-0.25, -0.2) is 4.79 Å². The number of ether oxygens (including phenoxy) is 1. The number of benzene rings is 1. The van der Waals surface area contributed by atoms with Crippen molar-refractivity contribution in [3.63, 3.8) is 0 Å². The molecular weight excluding hydrogens is 374 g/mol. The zero-order chi connectivity index (χ0) is 19.8. The maximum atomic E-state index is 12.6. The Morgan fingerprint density at radius 1 is 0.929 bits per heavy atom. The Balaban J connectivity index is 1.57. The van der Waals surface area contributed by atoms with Gasteiger partial charge in [0.2, 0.25) is 5.78 Å². The molecule has 1 heterocycles. The molecule has 0 radical (unpaired) electrons. The third-order valence-electron chi connectivity index (χ3n) is 4.94. The molecule has 1 amide bonds. The lowest BCUT2D eigenvalue weighted by atomic mass is 9.97. The first-order valence-corrected chi connectivity index (χ1v) is 10.7. The summed E-state index contributed by atoms with van der Waals surface area (Å²) in [6.45, 7) is -0.336. The van der Waals surface area contributed by atoms with Crippen LogP contribution in [0, 0.1) is 0 Å².